The van der Waals surface area contributed by atoms with Crippen LogP contribution in [0.15, 0.2) is 35.9 Å². The molecule has 0 saturated heterocycles. The number of carbonyl (C=O) groups excluding carboxylic acids is 1. The smallest absolute Gasteiger partial charge is 0.188 e. The Kier molecular flexibility index (Phi) is 2.84. The van der Waals surface area contributed by atoms with Crippen molar-refractivity contribution in [3.05, 3.63) is 78.6 Å². The number of carbonyl (C=O) groups is 1. The molecule has 5 radical (unpaired) electrons. The van der Waals surface area contributed by atoms with Gasteiger partial charge in [-0.15, -0.1) is 0 Å². The summed E-state index contributed by atoms with van der Waals surface area (Å²) in [6.07, 6.45) is 11.9. The topological polar surface area (TPSA) is 17.1 Å². The van der Waals surface area contributed by atoms with Gasteiger partial charge in [-0.05, 0) is 49.7 Å². The molecule has 83 valence electrons. The Morgan fingerprint density at radius 2 is 1.76 bits per heavy atom. The molecule has 17 heavy (non-hydrogen) atoms. The molecule has 0 heterocycles. The zero-order valence-corrected chi connectivity index (χ0v) is 9.52. The summed E-state index contributed by atoms with van der Waals surface area (Å²) in [7, 11) is 0. The molecule has 1 fully saturated rings. The minimum Gasteiger partial charge on any atom is -0.289 e. The molecule has 3 rings (SSSR count). The van der Waals surface area contributed by atoms with E-state index >= 15 is 0 Å². The second kappa shape index (κ2) is 4.48. The SMILES string of the molecule is O=C1/C(=C/[C]2[CH][CH][CH][CH]2)CCc2ccccc21. The van der Waals surface area contributed by atoms with Crippen molar-refractivity contribution in [2.75, 3.05) is 0 Å². The molecule has 0 amide bonds. The molecule has 0 atom stereocenters. The van der Waals surface area contributed by atoms with Gasteiger partial charge >= 0.3 is 0 Å². The van der Waals surface area contributed by atoms with Crippen molar-refractivity contribution in [2.24, 2.45) is 0 Å². The minimum absolute atomic E-state index is 0.188. The molecule has 0 aromatic heterocycles. The van der Waals surface area contributed by atoms with E-state index in [-0.39, 0.29) is 5.78 Å². The van der Waals surface area contributed by atoms with E-state index in [0.29, 0.717) is 0 Å². The fourth-order valence-corrected chi connectivity index (χ4v) is 2.34. The Labute approximate surface area is 103 Å². The fourth-order valence-electron chi connectivity index (χ4n) is 2.34. The zero-order valence-electron chi connectivity index (χ0n) is 9.52. The Morgan fingerprint density at radius 3 is 2.59 bits per heavy atom. The number of benzene rings is 1. The van der Waals surface area contributed by atoms with Crippen molar-refractivity contribution in [1.82, 2.24) is 0 Å². The lowest BCUT2D eigenvalue weighted by atomic mass is 9.85. The van der Waals surface area contributed by atoms with Gasteiger partial charge in [0, 0.05) is 11.5 Å². The third kappa shape index (κ3) is 2.06. The van der Waals surface area contributed by atoms with Gasteiger partial charge in [0.15, 0.2) is 5.78 Å². The van der Waals surface area contributed by atoms with E-state index in [1.165, 1.54) is 5.56 Å². The third-order valence-corrected chi connectivity index (χ3v) is 3.25. The normalized spacial score (nSPS) is 23.1. The molecule has 0 bridgehead atoms. The van der Waals surface area contributed by atoms with E-state index in [2.05, 4.69) is 0 Å². The van der Waals surface area contributed by atoms with Crippen LogP contribution in [0.2, 0.25) is 0 Å². The predicted molar refractivity (Wildman–Crippen MR) is 67.6 cm³/mol. The maximum Gasteiger partial charge on any atom is 0.188 e. The van der Waals surface area contributed by atoms with E-state index in [1.807, 2.05) is 56.0 Å². The van der Waals surface area contributed by atoms with E-state index < -0.39 is 0 Å². The van der Waals surface area contributed by atoms with Crippen molar-refractivity contribution in [2.45, 2.75) is 12.8 Å². The number of hydrogen-bond acceptors (Lipinski definition) is 1. The molecule has 0 N–H and O–H groups in total. The summed E-state index contributed by atoms with van der Waals surface area (Å²) >= 11 is 0. The van der Waals surface area contributed by atoms with Gasteiger partial charge < -0.3 is 0 Å². The summed E-state index contributed by atoms with van der Waals surface area (Å²) in [5, 5.41) is 0. The Hall–Kier alpha value is -1.37. The average molecular weight is 221 g/mol. The van der Waals surface area contributed by atoms with Gasteiger partial charge in [0.1, 0.15) is 0 Å². The second-order valence-corrected chi connectivity index (χ2v) is 4.37. The van der Waals surface area contributed by atoms with Crippen molar-refractivity contribution in [3.63, 3.8) is 0 Å². The summed E-state index contributed by atoms with van der Waals surface area (Å²) < 4.78 is 0. The first-order valence-electron chi connectivity index (χ1n) is 5.89. The van der Waals surface area contributed by atoms with E-state index in [4.69, 9.17) is 0 Å². The van der Waals surface area contributed by atoms with Gasteiger partial charge in [-0.25, -0.2) is 0 Å². The number of ketones is 1. The lowest BCUT2D eigenvalue weighted by molar-refractivity contribution is 0.102. The van der Waals surface area contributed by atoms with Gasteiger partial charge in [0.25, 0.3) is 0 Å². The molecule has 2 aliphatic carbocycles. The van der Waals surface area contributed by atoms with Crippen LogP contribution in [-0.2, 0) is 6.42 Å². The van der Waals surface area contributed by atoms with Crippen LogP contribution in [-0.4, -0.2) is 5.78 Å². The summed E-state index contributed by atoms with van der Waals surface area (Å²) in [4.78, 5) is 12.3. The van der Waals surface area contributed by atoms with Crippen LogP contribution in [0.4, 0.5) is 0 Å². The van der Waals surface area contributed by atoms with Crippen LogP contribution in [0.5, 0.6) is 0 Å². The van der Waals surface area contributed by atoms with Crippen LogP contribution < -0.4 is 0 Å². The monoisotopic (exact) mass is 221 g/mol. The van der Waals surface area contributed by atoms with Gasteiger partial charge in [0.05, 0.1) is 0 Å². The standard InChI is InChI=1S/C16H13O/c17-16-14(11-12-5-1-2-6-12)10-9-13-7-3-4-8-15(13)16/h1-8,11H,9-10H2/b14-11+. The molecule has 0 unspecified atom stereocenters. The largest absolute Gasteiger partial charge is 0.289 e. The molecule has 1 aromatic rings. The lowest BCUT2D eigenvalue weighted by Gasteiger charge is -2.18. The first-order chi connectivity index (χ1) is 8.34. The molecule has 1 nitrogen and oxygen atoms in total. The van der Waals surface area contributed by atoms with Crippen LogP contribution in [0.3, 0.4) is 0 Å². The van der Waals surface area contributed by atoms with Crippen molar-refractivity contribution < 1.29 is 4.79 Å². The Balaban J connectivity index is 1.88. The summed E-state index contributed by atoms with van der Waals surface area (Å²) in [6, 6.07) is 7.91. The summed E-state index contributed by atoms with van der Waals surface area (Å²) in [5.74, 6) is 1.31. The predicted octanol–water partition coefficient (Wildman–Crippen LogP) is 3.15. The molecular formula is C16H13O. The molecule has 1 aromatic carbocycles. The highest BCUT2D eigenvalue weighted by Crippen LogP contribution is 2.30. The molecule has 1 heteroatoms. The fraction of sp³-hybridized carbons (Fsp3) is 0.125. The summed E-state index contributed by atoms with van der Waals surface area (Å²) in [5.41, 5.74) is 2.98. The molecular weight excluding hydrogens is 208 g/mol. The number of aryl methyl sites for hydroxylation is 1. The van der Waals surface area contributed by atoms with E-state index in [0.717, 1.165) is 29.9 Å². The first-order valence-corrected chi connectivity index (χ1v) is 5.89. The number of hydrogen-bond donors (Lipinski definition) is 0. The third-order valence-electron chi connectivity index (χ3n) is 3.25. The molecule has 1 saturated carbocycles. The number of Topliss-reactive ketones (excluding diaryl/α,β-unsaturated/α-hetero) is 1. The Morgan fingerprint density at radius 1 is 1.00 bits per heavy atom. The van der Waals surface area contributed by atoms with Crippen molar-refractivity contribution >= 4 is 5.78 Å². The highest BCUT2D eigenvalue weighted by atomic mass is 16.1. The van der Waals surface area contributed by atoms with E-state index in [1.54, 1.807) is 0 Å². The second-order valence-electron chi connectivity index (χ2n) is 4.37. The van der Waals surface area contributed by atoms with Gasteiger partial charge in [0.2, 0.25) is 0 Å². The lowest BCUT2D eigenvalue weighted by Crippen LogP contribution is -2.14. The van der Waals surface area contributed by atoms with E-state index in [9.17, 15) is 4.79 Å². The van der Waals surface area contributed by atoms with Crippen molar-refractivity contribution in [1.29, 1.82) is 0 Å². The molecule has 2 aliphatic rings. The van der Waals surface area contributed by atoms with Crippen molar-refractivity contribution in [3.8, 4) is 0 Å². The van der Waals surface area contributed by atoms with Crippen LogP contribution in [0.25, 0.3) is 0 Å². The van der Waals surface area contributed by atoms with Crippen LogP contribution >= 0.6 is 0 Å². The van der Waals surface area contributed by atoms with Gasteiger partial charge in [-0.3, -0.25) is 4.79 Å². The zero-order chi connectivity index (χ0) is 11.7. The quantitative estimate of drug-likeness (QED) is 0.666. The van der Waals surface area contributed by atoms with Crippen LogP contribution in [0.1, 0.15) is 22.3 Å². The van der Waals surface area contributed by atoms with Gasteiger partial charge in [-0.1, -0.05) is 30.3 Å². The highest BCUT2D eigenvalue weighted by Gasteiger charge is 2.23. The number of fused-ring (bicyclic) bond motifs is 1. The maximum absolute atomic E-state index is 12.3. The average Bonchev–Trinajstić information content (AvgIpc) is 2.86. The highest BCUT2D eigenvalue weighted by molar-refractivity contribution is 6.11. The van der Waals surface area contributed by atoms with Gasteiger partial charge in [-0.2, -0.15) is 0 Å². The first kappa shape index (κ1) is 10.8. The molecule has 0 aliphatic heterocycles. The maximum atomic E-state index is 12.3. The Bertz CT molecular complexity index is 464. The summed E-state index contributed by atoms with van der Waals surface area (Å²) in [6.45, 7) is 0. The minimum atomic E-state index is 0.188. The molecule has 0 spiro atoms. The number of rotatable bonds is 1. The van der Waals surface area contributed by atoms with Crippen LogP contribution in [0, 0.1) is 31.6 Å². The number of allylic oxidation sites excluding steroid dienone is 2.